The predicted octanol–water partition coefficient (Wildman–Crippen LogP) is 3.99. The van der Waals surface area contributed by atoms with Crippen LogP contribution in [0, 0.1) is 17.2 Å². The molecule has 0 aliphatic carbocycles. The minimum atomic E-state index is -1.35. The highest BCUT2D eigenvalue weighted by molar-refractivity contribution is 9.39. The van der Waals surface area contributed by atoms with Gasteiger partial charge >= 0.3 is 5.97 Å². The maximum absolute atomic E-state index is 11.8. The number of ether oxygens (including phenoxy) is 1. The van der Waals surface area contributed by atoms with Gasteiger partial charge in [-0.3, -0.25) is 4.79 Å². The highest BCUT2D eigenvalue weighted by atomic mass is 80.0. The standard InChI is InChI=1S/C13H12Br3NO3S/c1-8(11(18)20-12(19)13(14,15)16)7-21-10-4-2-9(6-17)3-5-10/h2-5,8,12,19H,7H2,1H3. The summed E-state index contributed by atoms with van der Waals surface area (Å²) in [5.74, 6) is -0.362. The molecule has 114 valence electrons. The van der Waals surface area contributed by atoms with Gasteiger partial charge in [-0.1, -0.05) is 54.7 Å². The first-order valence-electron chi connectivity index (χ1n) is 5.82. The number of aliphatic hydroxyl groups excluding tert-OH is 1. The molecule has 8 heteroatoms. The van der Waals surface area contributed by atoms with E-state index in [1.807, 2.05) is 18.2 Å². The molecular formula is C13H12Br3NO3S. The third-order valence-corrected chi connectivity index (χ3v) is 4.84. The van der Waals surface area contributed by atoms with Crippen LogP contribution < -0.4 is 0 Å². The number of alkyl halides is 3. The Balaban J connectivity index is 2.47. The lowest BCUT2D eigenvalue weighted by molar-refractivity contribution is -0.169. The molecule has 0 aliphatic heterocycles. The molecule has 0 saturated heterocycles. The molecule has 0 bridgehead atoms. The number of hydrogen-bond donors (Lipinski definition) is 1. The maximum Gasteiger partial charge on any atom is 0.311 e. The minimum absolute atomic E-state index is 0.379. The van der Waals surface area contributed by atoms with E-state index >= 15 is 0 Å². The summed E-state index contributed by atoms with van der Waals surface area (Å²) in [6.45, 7) is 1.73. The van der Waals surface area contributed by atoms with Crippen LogP contribution >= 0.6 is 59.6 Å². The number of thioether (sulfide) groups is 1. The number of halogens is 3. The lowest BCUT2D eigenvalue weighted by atomic mass is 10.2. The van der Waals surface area contributed by atoms with Crippen molar-refractivity contribution in [1.82, 2.24) is 0 Å². The van der Waals surface area contributed by atoms with Crippen LogP contribution in [0.1, 0.15) is 12.5 Å². The van der Waals surface area contributed by atoms with E-state index in [2.05, 4.69) is 47.8 Å². The van der Waals surface area contributed by atoms with E-state index < -0.39 is 14.4 Å². The van der Waals surface area contributed by atoms with E-state index in [0.29, 0.717) is 11.3 Å². The van der Waals surface area contributed by atoms with Crippen molar-refractivity contribution in [3.05, 3.63) is 29.8 Å². The topological polar surface area (TPSA) is 70.3 Å². The van der Waals surface area contributed by atoms with E-state index in [1.165, 1.54) is 11.8 Å². The molecule has 0 fully saturated rings. The van der Waals surface area contributed by atoms with Gasteiger partial charge in [0.05, 0.1) is 17.6 Å². The van der Waals surface area contributed by atoms with Gasteiger partial charge in [0.2, 0.25) is 6.29 Å². The van der Waals surface area contributed by atoms with Crippen molar-refractivity contribution in [2.24, 2.45) is 5.92 Å². The number of esters is 1. The fourth-order valence-corrected chi connectivity index (χ4v) is 2.40. The van der Waals surface area contributed by atoms with Crippen LogP contribution in [-0.4, -0.2) is 25.3 Å². The minimum Gasteiger partial charge on any atom is -0.432 e. The summed E-state index contributed by atoms with van der Waals surface area (Å²) in [5.41, 5.74) is 0.596. The molecule has 0 aromatic heterocycles. The summed E-state index contributed by atoms with van der Waals surface area (Å²) in [4.78, 5) is 12.8. The average Bonchev–Trinajstić information content (AvgIpc) is 2.44. The normalized spacial score (nSPS) is 14.1. The third-order valence-electron chi connectivity index (χ3n) is 2.39. The van der Waals surface area contributed by atoms with Crippen molar-refractivity contribution in [2.45, 2.75) is 20.3 Å². The molecule has 0 aliphatic rings. The van der Waals surface area contributed by atoms with Crippen molar-refractivity contribution >= 4 is 65.5 Å². The van der Waals surface area contributed by atoms with Gasteiger partial charge in [0, 0.05) is 10.6 Å². The van der Waals surface area contributed by atoms with Crippen LogP contribution in [0.3, 0.4) is 0 Å². The van der Waals surface area contributed by atoms with Crippen LogP contribution in [0.2, 0.25) is 0 Å². The number of aliphatic hydroxyl groups is 1. The van der Waals surface area contributed by atoms with Gasteiger partial charge < -0.3 is 9.84 Å². The predicted molar refractivity (Wildman–Crippen MR) is 92.7 cm³/mol. The summed E-state index contributed by atoms with van der Waals surface area (Å²) in [6.07, 6.45) is -1.35. The molecule has 2 unspecified atom stereocenters. The van der Waals surface area contributed by atoms with E-state index in [-0.39, 0.29) is 5.92 Å². The number of rotatable bonds is 5. The van der Waals surface area contributed by atoms with Gasteiger partial charge in [-0.05, 0) is 24.3 Å². The Morgan fingerprint density at radius 3 is 2.48 bits per heavy atom. The number of carbonyl (C=O) groups is 1. The van der Waals surface area contributed by atoms with Crippen LogP contribution in [-0.2, 0) is 9.53 Å². The number of nitrogens with zero attached hydrogens (tertiary/aromatic N) is 1. The molecule has 1 N–H and O–H groups in total. The first-order valence-corrected chi connectivity index (χ1v) is 9.18. The van der Waals surface area contributed by atoms with Gasteiger partial charge in [-0.25, -0.2) is 0 Å². The summed E-state index contributed by atoms with van der Waals surface area (Å²) >= 11 is 10.7. The second-order valence-electron chi connectivity index (χ2n) is 4.18. The summed E-state index contributed by atoms with van der Waals surface area (Å²) in [5, 5.41) is 18.3. The Hall–Kier alpha value is -0.0700. The van der Waals surface area contributed by atoms with E-state index in [0.717, 1.165) is 4.90 Å². The second kappa shape index (κ2) is 8.53. The molecule has 0 amide bonds. The second-order valence-corrected chi connectivity index (χ2v) is 12.2. The first kappa shape index (κ1) is 19.0. The molecular weight excluding hydrogens is 490 g/mol. The van der Waals surface area contributed by atoms with Gasteiger partial charge in [0.1, 0.15) is 0 Å². The van der Waals surface area contributed by atoms with Gasteiger partial charge in [0.15, 0.2) is 2.14 Å². The van der Waals surface area contributed by atoms with Crippen molar-refractivity contribution in [2.75, 3.05) is 5.75 Å². The molecule has 0 radical (unpaired) electrons. The van der Waals surface area contributed by atoms with Crippen molar-refractivity contribution in [1.29, 1.82) is 5.26 Å². The number of benzene rings is 1. The Morgan fingerprint density at radius 2 is 2.00 bits per heavy atom. The van der Waals surface area contributed by atoms with E-state index in [4.69, 9.17) is 10.00 Å². The quantitative estimate of drug-likeness (QED) is 0.286. The molecule has 1 aromatic rings. The summed E-state index contributed by atoms with van der Waals surface area (Å²) < 4.78 is 3.87. The lowest BCUT2D eigenvalue weighted by Gasteiger charge is -2.21. The molecule has 0 spiro atoms. The van der Waals surface area contributed by atoms with Gasteiger partial charge in [-0.15, -0.1) is 11.8 Å². The van der Waals surface area contributed by atoms with Gasteiger partial charge in [0.25, 0.3) is 0 Å². The van der Waals surface area contributed by atoms with Crippen molar-refractivity contribution < 1.29 is 14.6 Å². The maximum atomic E-state index is 11.8. The van der Waals surface area contributed by atoms with Crippen LogP contribution in [0.15, 0.2) is 29.2 Å². The molecule has 0 heterocycles. The fourth-order valence-electron chi connectivity index (χ4n) is 1.21. The van der Waals surface area contributed by atoms with Crippen LogP contribution in [0.25, 0.3) is 0 Å². The third kappa shape index (κ3) is 6.70. The Morgan fingerprint density at radius 1 is 1.43 bits per heavy atom. The zero-order chi connectivity index (χ0) is 16.0. The number of nitriles is 1. The molecule has 21 heavy (non-hydrogen) atoms. The van der Waals surface area contributed by atoms with Crippen molar-refractivity contribution in [3.8, 4) is 6.07 Å². The SMILES string of the molecule is CC(CSc1ccc(C#N)cc1)C(=O)OC(O)C(Br)(Br)Br. The molecule has 0 saturated carbocycles. The lowest BCUT2D eigenvalue weighted by Crippen LogP contribution is -2.32. The van der Waals surface area contributed by atoms with Crippen LogP contribution in [0.5, 0.6) is 0 Å². The number of hydrogen-bond acceptors (Lipinski definition) is 5. The molecule has 4 nitrogen and oxygen atoms in total. The fraction of sp³-hybridized carbons (Fsp3) is 0.385. The Labute approximate surface area is 152 Å². The van der Waals surface area contributed by atoms with E-state index in [1.54, 1.807) is 19.1 Å². The van der Waals surface area contributed by atoms with Crippen molar-refractivity contribution in [3.63, 3.8) is 0 Å². The smallest absolute Gasteiger partial charge is 0.311 e. The molecule has 2 atom stereocenters. The molecule has 1 rings (SSSR count). The summed E-state index contributed by atoms with van der Waals surface area (Å²) in [7, 11) is 0. The summed E-state index contributed by atoms with van der Waals surface area (Å²) in [6, 6.07) is 9.16. The highest BCUT2D eigenvalue weighted by Gasteiger charge is 2.33. The Kier molecular flexibility index (Phi) is 7.71. The zero-order valence-electron chi connectivity index (χ0n) is 10.9. The monoisotopic (exact) mass is 499 g/mol. The zero-order valence-corrected chi connectivity index (χ0v) is 16.5. The van der Waals surface area contributed by atoms with Gasteiger partial charge in [-0.2, -0.15) is 5.26 Å². The average molecular weight is 502 g/mol. The van der Waals surface area contributed by atoms with E-state index in [9.17, 15) is 9.90 Å². The number of carbonyl (C=O) groups excluding carboxylic acids is 1. The van der Waals surface area contributed by atoms with Crippen LogP contribution in [0.4, 0.5) is 0 Å². The Bertz CT molecular complexity index is 525. The first-order chi connectivity index (χ1) is 9.74. The molecule has 1 aromatic carbocycles. The highest BCUT2D eigenvalue weighted by Crippen LogP contribution is 2.37. The largest absolute Gasteiger partial charge is 0.432 e.